The van der Waals surface area contributed by atoms with E-state index >= 15 is 0 Å². The Bertz CT molecular complexity index is 190. The van der Waals surface area contributed by atoms with Gasteiger partial charge in [-0.2, -0.15) is 0 Å². The van der Waals surface area contributed by atoms with Gasteiger partial charge in [0.1, 0.15) is 6.61 Å². The van der Waals surface area contributed by atoms with Crippen LogP contribution in [-0.2, 0) is 9.53 Å². The van der Waals surface area contributed by atoms with E-state index in [2.05, 4.69) is 6.58 Å². The number of carbonyl (C=O) groups excluding carboxylic acids is 1. The highest BCUT2D eigenvalue weighted by Crippen LogP contribution is 1.99. The van der Waals surface area contributed by atoms with Gasteiger partial charge in [0.25, 0.3) is 0 Å². The summed E-state index contributed by atoms with van der Waals surface area (Å²) in [4.78, 5) is 10.4. The molecule has 0 aliphatic carbocycles. The summed E-state index contributed by atoms with van der Waals surface area (Å²) in [6.07, 6.45) is 1.89. The van der Waals surface area contributed by atoms with E-state index in [9.17, 15) is 4.79 Å². The van der Waals surface area contributed by atoms with Crippen molar-refractivity contribution in [2.75, 3.05) is 6.61 Å². The lowest BCUT2D eigenvalue weighted by Gasteiger charge is -2.00. The van der Waals surface area contributed by atoms with Gasteiger partial charge in [0.15, 0.2) is 0 Å². The highest BCUT2D eigenvalue weighted by Gasteiger charge is 1.93. The van der Waals surface area contributed by atoms with Gasteiger partial charge in [-0.1, -0.05) is 18.2 Å². The van der Waals surface area contributed by atoms with Crippen molar-refractivity contribution in [2.45, 2.75) is 20.8 Å². The molecule has 0 radical (unpaired) electrons. The highest BCUT2D eigenvalue weighted by atomic mass is 16.5. The van der Waals surface area contributed by atoms with Crippen molar-refractivity contribution < 1.29 is 9.53 Å². The number of allylic oxidation sites excluding steroid dienone is 2. The lowest BCUT2D eigenvalue weighted by molar-refractivity contribution is -0.139. The molecule has 0 N–H and O–H groups in total. The van der Waals surface area contributed by atoms with Gasteiger partial charge in [0, 0.05) is 6.92 Å². The van der Waals surface area contributed by atoms with Crippen molar-refractivity contribution in [2.24, 2.45) is 0 Å². The molecule has 0 fully saturated rings. The number of ether oxygens (including phenoxy) is 1. The van der Waals surface area contributed by atoms with E-state index < -0.39 is 0 Å². The van der Waals surface area contributed by atoms with Gasteiger partial charge in [-0.3, -0.25) is 4.79 Å². The van der Waals surface area contributed by atoms with Gasteiger partial charge in [-0.25, -0.2) is 0 Å². The van der Waals surface area contributed by atoms with Gasteiger partial charge in [-0.05, 0) is 19.4 Å². The molecule has 0 aromatic rings. The summed E-state index contributed by atoms with van der Waals surface area (Å²) in [7, 11) is 0. The highest BCUT2D eigenvalue weighted by molar-refractivity contribution is 5.66. The summed E-state index contributed by atoms with van der Waals surface area (Å²) in [5.41, 5.74) is 1.97. The van der Waals surface area contributed by atoms with Crippen LogP contribution in [0, 0.1) is 0 Å². The Morgan fingerprint density at radius 2 is 2.00 bits per heavy atom. The summed E-state index contributed by atoms with van der Waals surface area (Å²) >= 11 is 0. The molecule has 2 heteroatoms. The molecule has 11 heavy (non-hydrogen) atoms. The van der Waals surface area contributed by atoms with E-state index in [1.165, 1.54) is 6.92 Å². The average Bonchev–Trinajstić information content (AvgIpc) is 1.82. The molecule has 0 aromatic heterocycles. The van der Waals surface area contributed by atoms with Gasteiger partial charge in [-0.15, -0.1) is 0 Å². The molecule has 0 rings (SSSR count). The second kappa shape index (κ2) is 4.72. The van der Waals surface area contributed by atoms with Crippen LogP contribution in [0.25, 0.3) is 0 Å². The van der Waals surface area contributed by atoms with Crippen LogP contribution in [0.4, 0.5) is 0 Å². The fraction of sp³-hybridized carbons (Fsp3) is 0.444. The molecule has 0 unspecified atom stereocenters. The van der Waals surface area contributed by atoms with Crippen molar-refractivity contribution in [1.29, 1.82) is 0 Å². The molecule has 0 heterocycles. The van der Waals surface area contributed by atoms with Gasteiger partial charge in [0.05, 0.1) is 0 Å². The van der Waals surface area contributed by atoms with Crippen LogP contribution in [-0.4, -0.2) is 12.6 Å². The van der Waals surface area contributed by atoms with Crippen LogP contribution in [0.1, 0.15) is 20.8 Å². The van der Waals surface area contributed by atoms with Crippen molar-refractivity contribution in [3.63, 3.8) is 0 Å². The maximum absolute atomic E-state index is 10.4. The summed E-state index contributed by atoms with van der Waals surface area (Å²) in [5, 5.41) is 0. The first-order valence-corrected chi connectivity index (χ1v) is 3.48. The lowest BCUT2D eigenvalue weighted by atomic mass is 10.2. The van der Waals surface area contributed by atoms with E-state index in [0.29, 0.717) is 6.61 Å². The summed E-state index contributed by atoms with van der Waals surface area (Å²) in [6.45, 7) is 9.27. The van der Waals surface area contributed by atoms with Gasteiger partial charge in [0.2, 0.25) is 0 Å². The first-order chi connectivity index (χ1) is 5.02. The maximum atomic E-state index is 10.4. The third-order valence-corrected chi connectivity index (χ3v) is 0.996. The van der Waals surface area contributed by atoms with Crippen LogP contribution in [0.3, 0.4) is 0 Å². The van der Waals surface area contributed by atoms with Crippen molar-refractivity contribution in [3.05, 3.63) is 23.8 Å². The van der Waals surface area contributed by atoms with Crippen LogP contribution in [0.5, 0.6) is 0 Å². The minimum absolute atomic E-state index is 0.250. The number of hydrogen-bond acceptors (Lipinski definition) is 2. The van der Waals surface area contributed by atoms with Crippen LogP contribution >= 0.6 is 0 Å². The number of hydrogen-bond donors (Lipinski definition) is 0. The van der Waals surface area contributed by atoms with Crippen LogP contribution in [0.2, 0.25) is 0 Å². The third kappa shape index (κ3) is 6.84. The van der Waals surface area contributed by atoms with Crippen molar-refractivity contribution in [3.8, 4) is 0 Å². The molecule has 0 atom stereocenters. The first-order valence-electron chi connectivity index (χ1n) is 3.48. The Balaban J connectivity index is 3.77. The van der Waals surface area contributed by atoms with Crippen molar-refractivity contribution >= 4 is 5.97 Å². The maximum Gasteiger partial charge on any atom is 0.302 e. The minimum Gasteiger partial charge on any atom is -0.461 e. The number of rotatable bonds is 3. The molecule has 0 amide bonds. The molecule has 62 valence electrons. The second-order valence-electron chi connectivity index (χ2n) is 2.62. The largest absolute Gasteiger partial charge is 0.461 e. The SMILES string of the molecule is C=C(C)C=C(C)COC(C)=O. The van der Waals surface area contributed by atoms with Crippen molar-refractivity contribution in [1.82, 2.24) is 0 Å². The van der Waals surface area contributed by atoms with E-state index in [1.807, 2.05) is 19.9 Å². The molecular weight excluding hydrogens is 140 g/mol. The monoisotopic (exact) mass is 154 g/mol. The van der Waals surface area contributed by atoms with Gasteiger partial charge >= 0.3 is 5.97 Å². The Labute approximate surface area is 67.6 Å². The zero-order chi connectivity index (χ0) is 8.85. The predicted molar refractivity (Wildman–Crippen MR) is 45.2 cm³/mol. The molecule has 0 aromatic carbocycles. The Kier molecular flexibility index (Phi) is 4.27. The van der Waals surface area contributed by atoms with E-state index in [1.54, 1.807) is 0 Å². The van der Waals surface area contributed by atoms with Gasteiger partial charge < -0.3 is 4.74 Å². The summed E-state index contributed by atoms with van der Waals surface area (Å²) in [6, 6.07) is 0. The molecule has 0 saturated carbocycles. The van der Waals surface area contributed by atoms with E-state index in [0.717, 1.165) is 11.1 Å². The second-order valence-corrected chi connectivity index (χ2v) is 2.62. The molecule has 0 aliphatic heterocycles. The zero-order valence-corrected chi connectivity index (χ0v) is 7.31. The smallest absolute Gasteiger partial charge is 0.302 e. The number of carbonyl (C=O) groups is 1. The zero-order valence-electron chi connectivity index (χ0n) is 7.31. The quantitative estimate of drug-likeness (QED) is 0.459. The van der Waals surface area contributed by atoms with Crippen LogP contribution in [0.15, 0.2) is 23.8 Å². The summed E-state index contributed by atoms with van der Waals surface area (Å²) in [5.74, 6) is -0.250. The average molecular weight is 154 g/mol. The first kappa shape index (κ1) is 9.95. The Morgan fingerprint density at radius 3 is 2.36 bits per heavy atom. The predicted octanol–water partition coefficient (Wildman–Crippen LogP) is 2.07. The fourth-order valence-electron chi connectivity index (χ4n) is 0.678. The standard InChI is InChI=1S/C9H14O2/c1-7(2)5-8(3)6-11-9(4)10/h5H,1,6H2,2-4H3. The lowest BCUT2D eigenvalue weighted by Crippen LogP contribution is -2.01. The Morgan fingerprint density at radius 1 is 1.45 bits per heavy atom. The molecule has 2 nitrogen and oxygen atoms in total. The molecule has 0 bridgehead atoms. The summed E-state index contributed by atoms with van der Waals surface area (Å²) < 4.78 is 4.76. The van der Waals surface area contributed by atoms with E-state index in [-0.39, 0.29) is 5.97 Å². The van der Waals surface area contributed by atoms with Crippen LogP contribution < -0.4 is 0 Å². The Hall–Kier alpha value is -1.05. The normalized spacial score (nSPS) is 11.0. The molecule has 0 saturated heterocycles. The minimum atomic E-state index is -0.250. The fourth-order valence-corrected chi connectivity index (χ4v) is 0.678. The topological polar surface area (TPSA) is 26.3 Å². The molecule has 0 spiro atoms. The third-order valence-electron chi connectivity index (χ3n) is 0.996. The molecular formula is C9H14O2. The molecule has 0 aliphatic rings. The van der Waals surface area contributed by atoms with E-state index in [4.69, 9.17) is 4.74 Å². The number of esters is 1.